The van der Waals surface area contributed by atoms with Crippen molar-refractivity contribution < 1.29 is 4.52 Å². The van der Waals surface area contributed by atoms with E-state index < -0.39 is 8.45 Å². The third-order valence-corrected chi connectivity index (χ3v) is 5.97. The summed E-state index contributed by atoms with van der Waals surface area (Å²) in [4.78, 5) is 3.40. The summed E-state index contributed by atoms with van der Waals surface area (Å²) in [6, 6.07) is 1.70. The van der Waals surface area contributed by atoms with Crippen molar-refractivity contribution in [2.75, 3.05) is 13.2 Å². The van der Waals surface area contributed by atoms with Crippen LogP contribution in [0.25, 0.3) is 4.85 Å². The van der Waals surface area contributed by atoms with Gasteiger partial charge in [-0.1, -0.05) is 7.43 Å². The second-order valence-corrected chi connectivity index (χ2v) is 7.79. The fourth-order valence-electron chi connectivity index (χ4n) is 2.40. The van der Waals surface area contributed by atoms with Gasteiger partial charge in [-0.2, -0.15) is 0 Å². The van der Waals surface area contributed by atoms with Crippen LogP contribution in [0.1, 0.15) is 62.8 Å². The number of rotatable bonds is 9. The Morgan fingerprint density at radius 2 is 1.19 bits per heavy atom. The highest BCUT2D eigenvalue weighted by atomic mass is 31.2. The molecule has 0 radical (unpaired) electrons. The van der Waals surface area contributed by atoms with Crippen molar-refractivity contribution in [3.8, 4) is 0 Å². The molecule has 0 amide bonds. The lowest BCUT2D eigenvalue weighted by Crippen LogP contribution is -2.43. The predicted octanol–water partition coefficient (Wildman–Crippen LogP) is 5.02. The number of hydrogen-bond donors (Lipinski definition) is 0. The molecule has 0 atom stereocenters. The van der Waals surface area contributed by atoms with Crippen LogP contribution in [0.5, 0.6) is 0 Å². The standard InChI is InChI=1S/C15H32N3OP.CH4/c1-12(2)17(13(3)4)20(19-11-10-16-9)18(14(5)6)15(7)8;/h12-15H,10-11H2,1-8H3;1H4. The Labute approximate surface area is 134 Å². The molecule has 0 spiro atoms. The minimum Gasteiger partial charge on any atom is -0.323 e. The van der Waals surface area contributed by atoms with Crippen LogP contribution in [0.4, 0.5) is 0 Å². The first-order chi connectivity index (χ1) is 9.23. The molecule has 0 N–H and O–H groups in total. The maximum atomic E-state index is 6.92. The lowest BCUT2D eigenvalue weighted by atomic mass is 10.3. The Morgan fingerprint density at radius 1 is 0.857 bits per heavy atom. The summed E-state index contributed by atoms with van der Waals surface area (Å²) >= 11 is 0. The molecule has 0 rings (SSSR count). The summed E-state index contributed by atoms with van der Waals surface area (Å²) < 4.78 is 11.0. The molecular weight excluding hydrogens is 281 g/mol. The van der Waals surface area contributed by atoms with Crippen LogP contribution in [-0.2, 0) is 4.52 Å². The van der Waals surface area contributed by atoms with Gasteiger partial charge < -0.3 is 9.37 Å². The minimum absolute atomic E-state index is 0. The molecule has 0 aliphatic heterocycles. The molecule has 0 saturated carbocycles. The van der Waals surface area contributed by atoms with Crippen molar-refractivity contribution in [1.82, 2.24) is 9.34 Å². The van der Waals surface area contributed by atoms with Crippen LogP contribution in [0, 0.1) is 6.57 Å². The zero-order valence-electron chi connectivity index (χ0n) is 14.4. The monoisotopic (exact) mass is 317 g/mol. The van der Waals surface area contributed by atoms with Crippen LogP contribution < -0.4 is 0 Å². The quantitative estimate of drug-likeness (QED) is 0.338. The smallest absolute Gasteiger partial charge is 0.238 e. The first-order valence-corrected chi connectivity index (χ1v) is 8.73. The number of hydrogen-bond acceptors (Lipinski definition) is 3. The van der Waals surface area contributed by atoms with E-state index in [4.69, 9.17) is 11.1 Å². The first kappa shape index (κ1) is 23.1. The highest BCUT2D eigenvalue weighted by molar-refractivity contribution is 7.47. The van der Waals surface area contributed by atoms with Crippen molar-refractivity contribution >= 4 is 8.45 Å². The molecule has 5 heteroatoms. The Balaban J connectivity index is 0. The molecule has 0 aromatic rings. The van der Waals surface area contributed by atoms with Crippen molar-refractivity contribution in [2.24, 2.45) is 0 Å². The Hall–Kier alpha value is -0.200. The van der Waals surface area contributed by atoms with Gasteiger partial charge >= 0.3 is 0 Å². The molecule has 0 aromatic heterocycles. The summed E-state index contributed by atoms with van der Waals surface area (Å²) in [5.41, 5.74) is 0. The summed E-state index contributed by atoms with van der Waals surface area (Å²) in [6.45, 7) is 25.6. The highest BCUT2D eigenvalue weighted by Gasteiger charge is 2.34. The predicted molar refractivity (Wildman–Crippen MR) is 95.3 cm³/mol. The van der Waals surface area contributed by atoms with Gasteiger partial charge in [0.2, 0.25) is 6.54 Å². The van der Waals surface area contributed by atoms with E-state index >= 15 is 0 Å². The van der Waals surface area contributed by atoms with E-state index in [1.165, 1.54) is 0 Å². The second-order valence-electron chi connectivity index (χ2n) is 6.10. The first-order valence-electron chi connectivity index (χ1n) is 7.56. The Morgan fingerprint density at radius 3 is 1.43 bits per heavy atom. The van der Waals surface area contributed by atoms with E-state index in [1.54, 1.807) is 0 Å². The Kier molecular flexibility index (Phi) is 12.5. The van der Waals surface area contributed by atoms with E-state index in [-0.39, 0.29) is 7.43 Å². The van der Waals surface area contributed by atoms with Crippen LogP contribution in [-0.4, -0.2) is 46.7 Å². The third kappa shape index (κ3) is 7.56. The van der Waals surface area contributed by atoms with Gasteiger partial charge in [0.25, 0.3) is 0 Å². The van der Waals surface area contributed by atoms with Crippen LogP contribution in [0.3, 0.4) is 0 Å². The minimum atomic E-state index is -0.834. The summed E-state index contributed by atoms with van der Waals surface area (Å²) in [5, 5.41) is 0. The summed E-state index contributed by atoms with van der Waals surface area (Å²) in [6.07, 6.45) is 0. The molecule has 0 saturated heterocycles. The zero-order chi connectivity index (χ0) is 15.9. The molecule has 0 heterocycles. The molecular formula is C16H36N3OP. The van der Waals surface area contributed by atoms with E-state index in [1.807, 2.05) is 0 Å². The average molecular weight is 317 g/mol. The van der Waals surface area contributed by atoms with Crippen LogP contribution in [0.15, 0.2) is 0 Å². The van der Waals surface area contributed by atoms with Crippen LogP contribution >= 0.6 is 8.45 Å². The van der Waals surface area contributed by atoms with Gasteiger partial charge in [0, 0.05) is 24.2 Å². The van der Waals surface area contributed by atoms with E-state index in [0.29, 0.717) is 37.3 Å². The van der Waals surface area contributed by atoms with E-state index in [0.717, 1.165) is 0 Å². The van der Waals surface area contributed by atoms with Crippen molar-refractivity contribution in [1.29, 1.82) is 0 Å². The molecule has 21 heavy (non-hydrogen) atoms. The second kappa shape index (κ2) is 11.4. The van der Waals surface area contributed by atoms with Gasteiger partial charge in [0.05, 0.1) is 0 Å². The van der Waals surface area contributed by atoms with Crippen molar-refractivity contribution in [3.63, 3.8) is 0 Å². The SMILES string of the molecule is C.[C-]#[N+]CCOP(N(C(C)C)C(C)C)N(C(C)C)C(C)C. The fraction of sp³-hybridized carbons (Fsp3) is 0.938. The van der Waals surface area contributed by atoms with Gasteiger partial charge in [-0.3, -0.25) is 0 Å². The molecule has 0 bridgehead atoms. The maximum Gasteiger partial charge on any atom is 0.238 e. The fourth-order valence-corrected chi connectivity index (χ4v) is 4.73. The third-order valence-electron chi connectivity index (χ3n) is 2.92. The number of nitrogens with zero attached hydrogens (tertiary/aromatic N) is 3. The summed E-state index contributed by atoms with van der Waals surface area (Å²) in [7, 11) is -0.834. The van der Waals surface area contributed by atoms with E-state index in [2.05, 4.69) is 69.6 Å². The van der Waals surface area contributed by atoms with Gasteiger partial charge in [-0.15, -0.1) is 0 Å². The van der Waals surface area contributed by atoms with Crippen LogP contribution in [0.2, 0.25) is 0 Å². The molecule has 0 aromatic carbocycles. The van der Waals surface area contributed by atoms with Crippen molar-refractivity contribution in [3.05, 3.63) is 11.4 Å². The van der Waals surface area contributed by atoms with Gasteiger partial charge in [0.1, 0.15) is 6.61 Å². The molecule has 0 fully saturated rings. The van der Waals surface area contributed by atoms with Crippen molar-refractivity contribution in [2.45, 2.75) is 87.0 Å². The summed E-state index contributed by atoms with van der Waals surface area (Å²) in [5.74, 6) is 0. The largest absolute Gasteiger partial charge is 0.323 e. The molecule has 0 aliphatic carbocycles. The van der Waals surface area contributed by atoms with Gasteiger partial charge in [-0.25, -0.2) is 15.9 Å². The van der Waals surface area contributed by atoms with Gasteiger partial charge in [-0.05, 0) is 55.4 Å². The highest BCUT2D eigenvalue weighted by Crippen LogP contribution is 2.50. The molecule has 126 valence electrons. The lowest BCUT2D eigenvalue weighted by Gasteiger charge is -2.45. The zero-order valence-corrected chi connectivity index (χ0v) is 15.3. The Bertz CT molecular complexity index is 264. The molecule has 4 nitrogen and oxygen atoms in total. The lowest BCUT2D eigenvalue weighted by molar-refractivity contribution is 0.191. The molecule has 0 unspecified atom stereocenters. The van der Waals surface area contributed by atoms with E-state index in [9.17, 15) is 0 Å². The molecule has 0 aliphatic rings. The maximum absolute atomic E-state index is 6.92. The van der Waals surface area contributed by atoms with Gasteiger partial charge in [0.15, 0.2) is 8.45 Å². The topological polar surface area (TPSA) is 20.1 Å². The average Bonchev–Trinajstić information content (AvgIpc) is 2.26. The normalized spacial score (nSPS) is 12.1.